The number of benzene rings is 1. The standard InChI is InChI=1S/C12H10BrNO2/c13-10-4-1-3-9(7-10)8-11(15)14-12-5-2-6-16-12/h1-7H,8H2,(H,14,15). The molecule has 4 heteroatoms. The van der Waals surface area contributed by atoms with Gasteiger partial charge in [0.1, 0.15) is 0 Å². The van der Waals surface area contributed by atoms with E-state index in [0.717, 1.165) is 10.0 Å². The molecule has 0 spiro atoms. The van der Waals surface area contributed by atoms with Crippen molar-refractivity contribution in [3.63, 3.8) is 0 Å². The molecule has 1 heterocycles. The number of carbonyl (C=O) groups excluding carboxylic acids is 1. The SMILES string of the molecule is O=C(Cc1cccc(Br)c1)Nc1ccco1. The number of furan rings is 1. The second-order valence-electron chi connectivity index (χ2n) is 3.33. The lowest BCUT2D eigenvalue weighted by atomic mass is 10.1. The minimum Gasteiger partial charge on any atom is -0.449 e. The molecule has 1 aromatic heterocycles. The highest BCUT2D eigenvalue weighted by Crippen LogP contribution is 2.13. The van der Waals surface area contributed by atoms with E-state index >= 15 is 0 Å². The first-order valence-electron chi connectivity index (χ1n) is 4.82. The Hall–Kier alpha value is -1.55. The van der Waals surface area contributed by atoms with Crippen LogP contribution in [0.4, 0.5) is 5.88 Å². The molecule has 0 saturated carbocycles. The lowest BCUT2D eigenvalue weighted by Crippen LogP contribution is -2.13. The normalized spacial score (nSPS) is 10.1. The summed E-state index contributed by atoms with van der Waals surface area (Å²) in [5.41, 5.74) is 0.957. The number of halogens is 1. The third-order valence-electron chi connectivity index (χ3n) is 2.04. The topological polar surface area (TPSA) is 42.2 Å². The zero-order valence-corrected chi connectivity index (χ0v) is 10.0. The Labute approximate surface area is 102 Å². The van der Waals surface area contributed by atoms with Crippen molar-refractivity contribution >= 4 is 27.7 Å². The average Bonchev–Trinajstić information content (AvgIpc) is 2.70. The van der Waals surface area contributed by atoms with Gasteiger partial charge in [0.25, 0.3) is 0 Å². The average molecular weight is 280 g/mol. The summed E-state index contributed by atoms with van der Waals surface area (Å²) in [5, 5.41) is 2.67. The van der Waals surface area contributed by atoms with Crippen molar-refractivity contribution in [1.82, 2.24) is 0 Å². The van der Waals surface area contributed by atoms with Crippen LogP contribution in [-0.2, 0) is 11.2 Å². The molecule has 0 aliphatic carbocycles. The molecule has 2 aromatic rings. The van der Waals surface area contributed by atoms with E-state index in [1.807, 2.05) is 24.3 Å². The van der Waals surface area contributed by atoms with Crippen LogP contribution >= 0.6 is 15.9 Å². The van der Waals surface area contributed by atoms with Gasteiger partial charge in [-0.25, -0.2) is 0 Å². The van der Waals surface area contributed by atoms with Crippen molar-refractivity contribution in [2.45, 2.75) is 6.42 Å². The van der Waals surface area contributed by atoms with E-state index in [2.05, 4.69) is 21.2 Å². The van der Waals surface area contributed by atoms with Crippen LogP contribution in [0.15, 0.2) is 51.6 Å². The van der Waals surface area contributed by atoms with Gasteiger partial charge in [0.05, 0.1) is 12.7 Å². The summed E-state index contributed by atoms with van der Waals surface area (Å²) in [7, 11) is 0. The number of anilines is 1. The molecule has 0 fully saturated rings. The van der Waals surface area contributed by atoms with Gasteiger partial charge in [0.15, 0.2) is 5.88 Å². The summed E-state index contributed by atoms with van der Waals surface area (Å²) in [6.45, 7) is 0. The number of amides is 1. The van der Waals surface area contributed by atoms with Gasteiger partial charge in [-0.1, -0.05) is 28.1 Å². The van der Waals surface area contributed by atoms with Gasteiger partial charge in [0.2, 0.25) is 5.91 Å². The molecule has 0 bridgehead atoms. The largest absolute Gasteiger partial charge is 0.449 e. The fraction of sp³-hybridized carbons (Fsp3) is 0.0833. The number of hydrogen-bond acceptors (Lipinski definition) is 2. The van der Waals surface area contributed by atoms with Gasteiger partial charge < -0.3 is 4.42 Å². The first kappa shape index (κ1) is 11.0. The Kier molecular flexibility index (Phi) is 3.41. The van der Waals surface area contributed by atoms with Crippen molar-refractivity contribution in [2.75, 3.05) is 5.32 Å². The zero-order chi connectivity index (χ0) is 11.4. The summed E-state index contributed by atoms with van der Waals surface area (Å²) in [4.78, 5) is 11.6. The summed E-state index contributed by atoms with van der Waals surface area (Å²) in [6, 6.07) is 11.1. The molecule has 1 N–H and O–H groups in total. The van der Waals surface area contributed by atoms with Crippen molar-refractivity contribution in [3.8, 4) is 0 Å². The fourth-order valence-corrected chi connectivity index (χ4v) is 1.81. The number of nitrogens with one attached hydrogen (secondary N) is 1. The molecule has 16 heavy (non-hydrogen) atoms. The highest BCUT2D eigenvalue weighted by Gasteiger charge is 2.05. The predicted octanol–water partition coefficient (Wildman–Crippen LogP) is 3.22. The second-order valence-corrected chi connectivity index (χ2v) is 4.25. The third-order valence-corrected chi connectivity index (χ3v) is 2.53. The molecular weight excluding hydrogens is 270 g/mol. The van der Waals surface area contributed by atoms with Gasteiger partial charge in [-0.3, -0.25) is 10.1 Å². The first-order chi connectivity index (χ1) is 7.74. The van der Waals surface area contributed by atoms with E-state index in [1.165, 1.54) is 6.26 Å². The van der Waals surface area contributed by atoms with Crippen molar-refractivity contribution in [2.24, 2.45) is 0 Å². The molecule has 2 rings (SSSR count). The first-order valence-corrected chi connectivity index (χ1v) is 5.61. The maximum Gasteiger partial charge on any atom is 0.231 e. The predicted molar refractivity (Wildman–Crippen MR) is 65.2 cm³/mol. The van der Waals surface area contributed by atoms with E-state index < -0.39 is 0 Å². The van der Waals surface area contributed by atoms with Crippen LogP contribution in [0.1, 0.15) is 5.56 Å². The maximum absolute atomic E-state index is 11.6. The molecule has 1 aromatic carbocycles. The van der Waals surface area contributed by atoms with Gasteiger partial charge in [-0.05, 0) is 23.8 Å². The van der Waals surface area contributed by atoms with Gasteiger partial charge in [-0.15, -0.1) is 0 Å². The Bertz CT molecular complexity index is 480. The lowest BCUT2D eigenvalue weighted by molar-refractivity contribution is -0.115. The Balaban J connectivity index is 1.97. The van der Waals surface area contributed by atoms with Crippen molar-refractivity contribution < 1.29 is 9.21 Å². The summed E-state index contributed by atoms with van der Waals surface area (Å²) in [6.07, 6.45) is 1.86. The van der Waals surface area contributed by atoms with Gasteiger partial charge in [-0.2, -0.15) is 0 Å². The summed E-state index contributed by atoms with van der Waals surface area (Å²) < 4.78 is 5.99. The molecule has 0 aliphatic rings. The highest BCUT2D eigenvalue weighted by atomic mass is 79.9. The van der Waals surface area contributed by atoms with Crippen molar-refractivity contribution in [3.05, 3.63) is 52.7 Å². The maximum atomic E-state index is 11.6. The Morgan fingerprint density at radius 1 is 1.31 bits per heavy atom. The summed E-state index contributed by atoms with van der Waals surface area (Å²) in [5.74, 6) is 0.382. The minimum atomic E-state index is -0.0898. The van der Waals surface area contributed by atoms with E-state index in [4.69, 9.17) is 4.42 Å². The molecule has 0 atom stereocenters. The molecule has 82 valence electrons. The van der Waals surface area contributed by atoms with Crippen LogP contribution in [0.5, 0.6) is 0 Å². The third kappa shape index (κ3) is 2.97. The molecular formula is C12H10BrNO2. The van der Waals surface area contributed by atoms with Gasteiger partial charge >= 0.3 is 0 Å². The quantitative estimate of drug-likeness (QED) is 0.937. The van der Waals surface area contributed by atoms with Crippen molar-refractivity contribution in [1.29, 1.82) is 0 Å². The van der Waals surface area contributed by atoms with E-state index in [0.29, 0.717) is 12.3 Å². The Morgan fingerprint density at radius 3 is 2.88 bits per heavy atom. The summed E-state index contributed by atoms with van der Waals surface area (Å²) >= 11 is 3.36. The molecule has 1 amide bonds. The highest BCUT2D eigenvalue weighted by molar-refractivity contribution is 9.10. The second kappa shape index (κ2) is 4.99. The van der Waals surface area contributed by atoms with Gasteiger partial charge in [0, 0.05) is 10.5 Å². The number of rotatable bonds is 3. The Morgan fingerprint density at radius 2 is 2.19 bits per heavy atom. The molecule has 0 aliphatic heterocycles. The fourth-order valence-electron chi connectivity index (χ4n) is 1.36. The monoisotopic (exact) mass is 279 g/mol. The lowest BCUT2D eigenvalue weighted by Gasteiger charge is -2.02. The smallest absolute Gasteiger partial charge is 0.231 e. The van der Waals surface area contributed by atoms with E-state index in [-0.39, 0.29) is 5.91 Å². The number of carbonyl (C=O) groups is 1. The van der Waals surface area contributed by atoms with Crippen LogP contribution in [0.25, 0.3) is 0 Å². The van der Waals surface area contributed by atoms with Crippen LogP contribution in [0, 0.1) is 0 Å². The minimum absolute atomic E-state index is 0.0898. The molecule has 0 unspecified atom stereocenters. The van der Waals surface area contributed by atoms with Crippen LogP contribution in [-0.4, -0.2) is 5.91 Å². The zero-order valence-electron chi connectivity index (χ0n) is 8.44. The van der Waals surface area contributed by atoms with E-state index in [9.17, 15) is 4.79 Å². The van der Waals surface area contributed by atoms with Crippen LogP contribution < -0.4 is 5.32 Å². The molecule has 3 nitrogen and oxygen atoms in total. The van der Waals surface area contributed by atoms with Crippen LogP contribution in [0.2, 0.25) is 0 Å². The van der Waals surface area contributed by atoms with Crippen LogP contribution in [0.3, 0.4) is 0 Å². The molecule has 0 radical (unpaired) electrons. The molecule has 0 saturated heterocycles. The van der Waals surface area contributed by atoms with E-state index in [1.54, 1.807) is 12.1 Å². The number of hydrogen-bond donors (Lipinski definition) is 1.